The fourth-order valence-electron chi connectivity index (χ4n) is 3.84. The second-order valence-electron chi connectivity index (χ2n) is 7.19. The predicted molar refractivity (Wildman–Crippen MR) is 117 cm³/mol. The van der Waals surface area contributed by atoms with E-state index in [-0.39, 0.29) is 35.9 Å². The number of hydrogen-bond acceptors (Lipinski definition) is 4. The molecule has 0 radical (unpaired) electrons. The van der Waals surface area contributed by atoms with Gasteiger partial charge in [-0.1, -0.05) is 6.92 Å². The van der Waals surface area contributed by atoms with Crippen molar-refractivity contribution >= 4 is 35.9 Å². The maximum atomic E-state index is 12.1. The molecular weight excluding hydrogens is 443 g/mol. The van der Waals surface area contributed by atoms with Crippen molar-refractivity contribution in [2.24, 2.45) is 16.8 Å². The molecule has 26 heavy (non-hydrogen) atoms. The van der Waals surface area contributed by atoms with Crippen LogP contribution in [0.2, 0.25) is 0 Å². The van der Waals surface area contributed by atoms with Crippen LogP contribution in [-0.2, 0) is 9.53 Å². The molecule has 2 heterocycles. The Morgan fingerprint density at radius 1 is 1.19 bits per heavy atom. The van der Waals surface area contributed by atoms with Gasteiger partial charge >= 0.3 is 5.97 Å². The molecule has 2 fully saturated rings. The molecule has 2 aliphatic rings. The highest BCUT2D eigenvalue weighted by Gasteiger charge is 2.29. The number of halogens is 1. The molecule has 2 atom stereocenters. The van der Waals surface area contributed by atoms with Crippen molar-refractivity contribution in [2.45, 2.75) is 46.5 Å². The third kappa shape index (κ3) is 7.21. The van der Waals surface area contributed by atoms with Gasteiger partial charge in [0.15, 0.2) is 5.96 Å². The van der Waals surface area contributed by atoms with Crippen molar-refractivity contribution in [1.82, 2.24) is 15.1 Å². The van der Waals surface area contributed by atoms with Gasteiger partial charge in [0, 0.05) is 32.7 Å². The van der Waals surface area contributed by atoms with Crippen LogP contribution in [0.1, 0.15) is 46.5 Å². The summed E-state index contributed by atoms with van der Waals surface area (Å²) >= 11 is 0. The average molecular weight is 480 g/mol. The van der Waals surface area contributed by atoms with Gasteiger partial charge in [-0.15, -0.1) is 24.0 Å². The summed E-state index contributed by atoms with van der Waals surface area (Å²) < 4.78 is 5.21. The van der Waals surface area contributed by atoms with Crippen LogP contribution in [0, 0.1) is 11.8 Å². The number of esters is 1. The number of aliphatic imine (C=N–C) groups is 1. The second-order valence-corrected chi connectivity index (χ2v) is 7.19. The first-order valence-electron chi connectivity index (χ1n) is 10.1. The molecule has 1 N–H and O–H groups in total. The topological polar surface area (TPSA) is 57.2 Å². The van der Waals surface area contributed by atoms with Crippen LogP contribution in [0.25, 0.3) is 0 Å². The van der Waals surface area contributed by atoms with Crippen LogP contribution in [0.4, 0.5) is 0 Å². The Hall–Kier alpha value is -0.570. The van der Waals surface area contributed by atoms with E-state index in [1.165, 1.54) is 32.5 Å². The highest BCUT2D eigenvalue weighted by molar-refractivity contribution is 14.0. The fourth-order valence-corrected chi connectivity index (χ4v) is 3.84. The minimum atomic E-state index is -0.0611. The molecule has 0 spiro atoms. The van der Waals surface area contributed by atoms with E-state index in [1.807, 2.05) is 6.92 Å². The van der Waals surface area contributed by atoms with Crippen molar-refractivity contribution < 1.29 is 9.53 Å². The van der Waals surface area contributed by atoms with Gasteiger partial charge < -0.3 is 19.9 Å². The second kappa shape index (κ2) is 12.8. The first-order valence-corrected chi connectivity index (χ1v) is 10.1. The molecule has 152 valence electrons. The van der Waals surface area contributed by atoms with Crippen molar-refractivity contribution in [1.29, 1.82) is 0 Å². The number of piperidine rings is 1. The van der Waals surface area contributed by atoms with Gasteiger partial charge in [0.05, 0.1) is 12.5 Å². The van der Waals surface area contributed by atoms with Crippen LogP contribution in [0.15, 0.2) is 4.99 Å². The van der Waals surface area contributed by atoms with Crippen molar-refractivity contribution in [2.75, 3.05) is 52.4 Å². The van der Waals surface area contributed by atoms with E-state index < -0.39 is 0 Å². The lowest BCUT2D eigenvalue weighted by Gasteiger charge is -2.34. The summed E-state index contributed by atoms with van der Waals surface area (Å²) in [5, 5.41) is 3.41. The summed E-state index contributed by atoms with van der Waals surface area (Å²) in [5.41, 5.74) is 0. The van der Waals surface area contributed by atoms with Gasteiger partial charge in [-0.3, -0.25) is 9.79 Å². The number of hydrogen-bond donors (Lipinski definition) is 1. The number of carbonyl (C=O) groups is 1. The number of ether oxygens (including phenoxy) is 1. The first-order chi connectivity index (χ1) is 12.2. The molecule has 0 aromatic heterocycles. The van der Waals surface area contributed by atoms with Crippen LogP contribution < -0.4 is 5.32 Å². The van der Waals surface area contributed by atoms with E-state index >= 15 is 0 Å². The monoisotopic (exact) mass is 480 g/mol. The van der Waals surface area contributed by atoms with E-state index in [0.717, 1.165) is 45.0 Å². The van der Waals surface area contributed by atoms with Crippen molar-refractivity contribution in [3.05, 3.63) is 0 Å². The zero-order chi connectivity index (χ0) is 18.1. The highest BCUT2D eigenvalue weighted by atomic mass is 127. The lowest BCUT2D eigenvalue weighted by molar-refractivity contribution is -0.149. The molecule has 0 bridgehead atoms. The quantitative estimate of drug-likeness (QED) is 0.263. The van der Waals surface area contributed by atoms with Crippen LogP contribution >= 0.6 is 24.0 Å². The van der Waals surface area contributed by atoms with E-state index in [1.54, 1.807) is 0 Å². The van der Waals surface area contributed by atoms with Gasteiger partial charge in [0.2, 0.25) is 0 Å². The smallest absolute Gasteiger partial charge is 0.310 e. The van der Waals surface area contributed by atoms with E-state index in [2.05, 4.69) is 29.0 Å². The SMILES string of the molecule is CCCN1CCC(CN=C(NCC)N2CCCC(C(=O)OCC)C2)C1.I. The Morgan fingerprint density at radius 3 is 2.69 bits per heavy atom. The molecule has 0 aliphatic carbocycles. The fraction of sp³-hybridized carbons (Fsp3) is 0.895. The van der Waals surface area contributed by atoms with Gasteiger partial charge in [-0.25, -0.2) is 0 Å². The molecule has 2 rings (SSSR count). The lowest BCUT2D eigenvalue weighted by Crippen LogP contribution is -2.48. The van der Waals surface area contributed by atoms with Gasteiger partial charge in [-0.2, -0.15) is 0 Å². The largest absolute Gasteiger partial charge is 0.466 e. The highest BCUT2D eigenvalue weighted by Crippen LogP contribution is 2.19. The van der Waals surface area contributed by atoms with Crippen molar-refractivity contribution in [3.8, 4) is 0 Å². The van der Waals surface area contributed by atoms with Gasteiger partial charge in [0.25, 0.3) is 0 Å². The molecule has 6 nitrogen and oxygen atoms in total. The Bertz CT molecular complexity index is 447. The van der Waals surface area contributed by atoms with Gasteiger partial charge in [0.1, 0.15) is 0 Å². The zero-order valence-corrected chi connectivity index (χ0v) is 19.0. The predicted octanol–water partition coefficient (Wildman–Crippen LogP) is 2.58. The van der Waals surface area contributed by atoms with Crippen LogP contribution in [0.5, 0.6) is 0 Å². The molecule has 2 aliphatic heterocycles. The summed E-state index contributed by atoms with van der Waals surface area (Å²) in [5.74, 6) is 1.54. The normalized spacial score (nSPS) is 24.3. The molecule has 7 heteroatoms. The Kier molecular flexibility index (Phi) is 11.5. The maximum Gasteiger partial charge on any atom is 0.310 e. The Labute approximate surface area is 176 Å². The zero-order valence-electron chi connectivity index (χ0n) is 16.7. The summed E-state index contributed by atoms with van der Waals surface area (Å²) in [6, 6.07) is 0. The molecular formula is C19H37IN4O2. The van der Waals surface area contributed by atoms with Gasteiger partial charge in [-0.05, 0) is 58.5 Å². The summed E-state index contributed by atoms with van der Waals surface area (Å²) in [7, 11) is 0. The first kappa shape index (κ1) is 23.5. The minimum Gasteiger partial charge on any atom is -0.466 e. The third-order valence-corrected chi connectivity index (χ3v) is 5.08. The molecule has 2 unspecified atom stereocenters. The number of rotatable bonds is 7. The molecule has 0 aromatic rings. The number of carbonyl (C=O) groups excluding carboxylic acids is 1. The molecule has 0 saturated carbocycles. The van der Waals surface area contributed by atoms with E-state index in [0.29, 0.717) is 12.5 Å². The van der Waals surface area contributed by atoms with Crippen LogP contribution in [0.3, 0.4) is 0 Å². The summed E-state index contributed by atoms with van der Waals surface area (Å²) in [6.07, 6.45) is 4.40. The van der Waals surface area contributed by atoms with Crippen LogP contribution in [-0.4, -0.2) is 74.1 Å². The molecule has 0 amide bonds. The maximum absolute atomic E-state index is 12.1. The lowest BCUT2D eigenvalue weighted by atomic mass is 9.98. The molecule has 2 saturated heterocycles. The Morgan fingerprint density at radius 2 is 2.00 bits per heavy atom. The Balaban J connectivity index is 0.00000338. The summed E-state index contributed by atoms with van der Waals surface area (Å²) in [4.78, 5) is 21.8. The van der Waals surface area contributed by atoms with E-state index in [9.17, 15) is 4.79 Å². The number of guanidine groups is 1. The standard InChI is InChI=1S/C19H36N4O2.HI/c1-4-10-22-12-9-16(14-22)13-21-19(20-5-2)23-11-7-8-17(15-23)18(24)25-6-3;/h16-17H,4-15H2,1-3H3,(H,20,21);1H. The average Bonchev–Trinajstić information content (AvgIpc) is 3.07. The minimum absolute atomic E-state index is 0. The van der Waals surface area contributed by atoms with E-state index in [4.69, 9.17) is 9.73 Å². The number of nitrogens with zero attached hydrogens (tertiary/aromatic N) is 3. The molecule has 0 aromatic carbocycles. The number of likely N-dealkylation sites (tertiary alicyclic amines) is 2. The third-order valence-electron chi connectivity index (χ3n) is 5.08. The summed E-state index contributed by atoms with van der Waals surface area (Å²) in [6.45, 7) is 13.7. The number of nitrogens with one attached hydrogen (secondary N) is 1. The van der Waals surface area contributed by atoms with Crippen molar-refractivity contribution in [3.63, 3.8) is 0 Å².